The summed E-state index contributed by atoms with van der Waals surface area (Å²) in [5.74, 6) is 0.918. The zero-order valence-electron chi connectivity index (χ0n) is 9.13. The molecule has 0 heterocycles. The fourth-order valence-electron chi connectivity index (χ4n) is 1.22. The first-order valence-electron chi connectivity index (χ1n) is 5.42. The van der Waals surface area contributed by atoms with Gasteiger partial charge in [0.05, 0.1) is 0 Å². The minimum Gasteiger partial charge on any atom is -0.492 e. The Morgan fingerprint density at radius 2 is 2.20 bits per heavy atom. The standard InChI is InChI=1S/C12H18BrNO/c1-2-3-7-14-8-9-15-12-6-4-5-11(13)10-12/h4-6,10,14H,2-3,7-9H2,1H3. The summed E-state index contributed by atoms with van der Waals surface area (Å²) in [4.78, 5) is 0. The second kappa shape index (κ2) is 7.71. The normalized spacial score (nSPS) is 10.3. The summed E-state index contributed by atoms with van der Waals surface area (Å²) in [6.07, 6.45) is 2.47. The summed E-state index contributed by atoms with van der Waals surface area (Å²) in [5.41, 5.74) is 0. The van der Waals surface area contributed by atoms with E-state index in [0.717, 1.165) is 29.9 Å². The lowest BCUT2D eigenvalue weighted by Gasteiger charge is -2.07. The first-order chi connectivity index (χ1) is 7.33. The molecule has 0 aromatic heterocycles. The average Bonchev–Trinajstić information content (AvgIpc) is 2.23. The molecule has 1 aromatic carbocycles. The zero-order valence-corrected chi connectivity index (χ0v) is 10.7. The van der Waals surface area contributed by atoms with Crippen molar-refractivity contribution < 1.29 is 4.74 Å². The first-order valence-corrected chi connectivity index (χ1v) is 6.21. The molecular formula is C12H18BrNO. The van der Waals surface area contributed by atoms with Crippen LogP contribution in [0.15, 0.2) is 28.7 Å². The Hall–Kier alpha value is -0.540. The lowest BCUT2D eigenvalue weighted by molar-refractivity contribution is 0.313. The Bertz CT molecular complexity index is 278. The molecule has 0 aliphatic carbocycles. The van der Waals surface area contributed by atoms with Crippen molar-refractivity contribution in [3.63, 3.8) is 0 Å². The molecule has 1 aromatic rings. The Morgan fingerprint density at radius 3 is 2.93 bits per heavy atom. The van der Waals surface area contributed by atoms with E-state index in [-0.39, 0.29) is 0 Å². The minimum atomic E-state index is 0.722. The monoisotopic (exact) mass is 271 g/mol. The van der Waals surface area contributed by atoms with Crippen molar-refractivity contribution in [2.24, 2.45) is 0 Å². The van der Waals surface area contributed by atoms with Crippen LogP contribution in [0.5, 0.6) is 5.75 Å². The van der Waals surface area contributed by atoms with Gasteiger partial charge in [0.1, 0.15) is 12.4 Å². The molecule has 0 saturated carbocycles. The predicted molar refractivity (Wildman–Crippen MR) is 67.4 cm³/mol. The quantitative estimate of drug-likeness (QED) is 0.769. The van der Waals surface area contributed by atoms with Crippen molar-refractivity contribution in [2.75, 3.05) is 19.7 Å². The molecule has 0 aliphatic rings. The van der Waals surface area contributed by atoms with E-state index in [1.165, 1.54) is 12.8 Å². The number of ether oxygens (including phenoxy) is 1. The molecule has 15 heavy (non-hydrogen) atoms. The maximum atomic E-state index is 5.57. The van der Waals surface area contributed by atoms with Gasteiger partial charge in [0.15, 0.2) is 0 Å². The van der Waals surface area contributed by atoms with Gasteiger partial charge in [-0.25, -0.2) is 0 Å². The predicted octanol–water partition coefficient (Wildman–Crippen LogP) is 3.22. The van der Waals surface area contributed by atoms with E-state index in [0.29, 0.717) is 0 Å². The highest BCUT2D eigenvalue weighted by molar-refractivity contribution is 9.10. The van der Waals surface area contributed by atoms with Crippen LogP contribution in [0.4, 0.5) is 0 Å². The van der Waals surface area contributed by atoms with E-state index in [4.69, 9.17) is 4.74 Å². The summed E-state index contributed by atoms with van der Waals surface area (Å²) < 4.78 is 6.63. The molecule has 0 radical (unpaired) electrons. The van der Waals surface area contributed by atoms with E-state index in [1.807, 2.05) is 24.3 Å². The Balaban J connectivity index is 2.10. The molecule has 0 fully saturated rings. The van der Waals surface area contributed by atoms with E-state index < -0.39 is 0 Å². The van der Waals surface area contributed by atoms with Crippen LogP contribution in [0.3, 0.4) is 0 Å². The summed E-state index contributed by atoms with van der Waals surface area (Å²) in [6, 6.07) is 7.92. The summed E-state index contributed by atoms with van der Waals surface area (Å²) in [7, 11) is 0. The van der Waals surface area contributed by atoms with Gasteiger partial charge < -0.3 is 10.1 Å². The molecule has 0 amide bonds. The largest absolute Gasteiger partial charge is 0.492 e. The SMILES string of the molecule is CCCCNCCOc1cccc(Br)c1. The molecule has 0 atom stereocenters. The van der Waals surface area contributed by atoms with Gasteiger partial charge in [-0.15, -0.1) is 0 Å². The highest BCUT2D eigenvalue weighted by Gasteiger charge is 1.93. The van der Waals surface area contributed by atoms with E-state index in [2.05, 4.69) is 28.2 Å². The van der Waals surface area contributed by atoms with Gasteiger partial charge in [0.2, 0.25) is 0 Å². The number of benzene rings is 1. The van der Waals surface area contributed by atoms with Crippen molar-refractivity contribution >= 4 is 15.9 Å². The third kappa shape index (κ3) is 5.80. The van der Waals surface area contributed by atoms with Crippen molar-refractivity contribution in [3.8, 4) is 5.75 Å². The first kappa shape index (κ1) is 12.5. The van der Waals surface area contributed by atoms with Gasteiger partial charge in [-0.1, -0.05) is 35.3 Å². The smallest absolute Gasteiger partial charge is 0.120 e. The number of hydrogen-bond donors (Lipinski definition) is 1. The lowest BCUT2D eigenvalue weighted by Crippen LogP contribution is -2.21. The van der Waals surface area contributed by atoms with E-state index >= 15 is 0 Å². The maximum Gasteiger partial charge on any atom is 0.120 e. The summed E-state index contributed by atoms with van der Waals surface area (Å²) in [6.45, 7) is 4.91. The van der Waals surface area contributed by atoms with Crippen LogP contribution < -0.4 is 10.1 Å². The number of hydrogen-bond acceptors (Lipinski definition) is 2. The van der Waals surface area contributed by atoms with Crippen LogP contribution in [0, 0.1) is 0 Å². The molecule has 2 nitrogen and oxygen atoms in total. The highest BCUT2D eigenvalue weighted by Crippen LogP contribution is 2.17. The van der Waals surface area contributed by atoms with E-state index in [9.17, 15) is 0 Å². The van der Waals surface area contributed by atoms with Crippen LogP contribution in [-0.4, -0.2) is 19.7 Å². The van der Waals surface area contributed by atoms with Gasteiger partial charge in [-0.3, -0.25) is 0 Å². The number of rotatable bonds is 7. The topological polar surface area (TPSA) is 21.3 Å². The third-order valence-electron chi connectivity index (χ3n) is 2.05. The molecule has 1 N–H and O–H groups in total. The van der Waals surface area contributed by atoms with Crippen LogP contribution >= 0.6 is 15.9 Å². The molecule has 0 unspecified atom stereocenters. The molecule has 3 heteroatoms. The van der Waals surface area contributed by atoms with E-state index in [1.54, 1.807) is 0 Å². The Morgan fingerprint density at radius 1 is 1.33 bits per heavy atom. The summed E-state index contributed by atoms with van der Waals surface area (Å²) in [5, 5.41) is 3.33. The van der Waals surface area contributed by atoms with Crippen LogP contribution in [0.2, 0.25) is 0 Å². The Kier molecular flexibility index (Phi) is 6.44. The third-order valence-corrected chi connectivity index (χ3v) is 2.54. The van der Waals surface area contributed by atoms with Crippen LogP contribution in [0.1, 0.15) is 19.8 Å². The molecule has 84 valence electrons. The van der Waals surface area contributed by atoms with Crippen LogP contribution in [-0.2, 0) is 0 Å². The molecule has 0 spiro atoms. The zero-order chi connectivity index (χ0) is 10.9. The minimum absolute atomic E-state index is 0.722. The lowest BCUT2D eigenvalue weighted by atomic mass is 10.3. The fraction of sp³-hybridized carbons (Fsp3) is 0.500. The van der Waals surface area contributed by atoms with Crippen molar-refractivity contribution in [1.29, 1.82) is 0 Å². The fourth-order valence-corrected chi connectivity index (χ4v) is 1.60. The van der Waals surface area contributed by atoms with Crippen molar-refractivity contribution in [3.05, 3.63) is 28.7 Å². The second-order valence-corrected chi connectivity index (χ2v) is 4.33. The van der Waals surface area contributed by atoms with Crippen LogP contribution in [0.25, 0.3) is 0 Å². The molecule has 0 saturated heterocycles. The van der Waals surface area contributed by atoms with Crippen molar-refractivity contribution in [2.45, 2.75) is 19.8 Å². The molecule has 1 rings (SSSR count). The van der Waals surface area contributed by atoms with Crippen molar-refractivity contribution in [1.82, 2.24) is 5.32 Å². The molecule has 0 bridgehead atoms. The summed E-state index contributed by atoms with van der Waals surface area (Å²) >= 11 is 3.41. The van der Waals surface area contributed by atoms with Gasteiger partial charge >= 0.3 is 0 Å². The van der Waals surface area contributed by atoms with Gasteiger partial charge in [-0.05, 0) is 31.2 Å². The molecule has 0 aliphatic heterocycles. The number of halogens is 1. The number of unbranched alkanes of at least 4 members (excludes halogenated alkanes) is 1. The number of nitrogens with one attached hydrogen (secondary N) is 1. The second-order valence-electron chi connectivity index (χ2n) is 3.41. The van der Waals surface area contributed by atoms with Gasteiger partial charge in [-0.2, -0.15) is 0 Å². The van der Waals surface area contributed by atoms with Gasteiger partial charge in [0.25, 0.3) is 0 Å². The Labute approximate surface area is 100 Å². The average molecular weight is 272 g/mol. The highest BCUT2D eigenvalue weighted by atomic mass is 79.9. The molecular weight excluding hydrogens is 254 g/mol. The maximum absolute atomic E-state index is 5.57. The van der Waals surface area contributed by atoms with Gasteiger partial charge in [0, 0.05) is 11.0 Å².